The fourth-order valence-electron chi connectivity index (χ4n) is 1.95. The summed E-state index contributed by atoms with van der Waals surface area (Å²) in [6, 6.07) is 2.76. The lowest BCUT2D eigenvalue weighted by Crippen LogP contribution is -2.63. The molecule has 0 bridgehead atoms. The van der Waals surface area contributed by atoms with Gasteiger partial charge in [0.15, 0.2) is 0 Å². The van der Waals surface area contributed by atoms with E-state index >= 15 is 0 Å². The summed E-state index contributed by atoms with van der Waals surface area (Å²) >= 11 is 0. The number of rotatable bonds is 1. The van der Waals surface area contributed by atoms with E-state index in [0.717, 1.165) is 0 Å². The monoisotopic (exact) mass is 249 g/mol. The molecule has 18 heavy (non-hydrogen) atoms. The topological polar surface area (TPSA) is 82.3 Å². The molecule has 1 aliphatic rings. The minimum Gasteiger partial charge on any atom is -0.352 e. The van der Waals surface area contributed by atoms with Gasteiger partial charge in [0.1, 0.15) is 5.54 Å². The Bertz CT molecular complexity index is 527. The number of pyridine rings is 1. The molecule has 0 unspecified atom stereocenters. The minimum absolute atomic E-state index is 0.175. The average Bonchev–Trinajstić information content (AvgIpc) is 2.33. The first kappa shape index (κ1) is 12.3. The molecule has 2 amide bonds. The third kappa shape index (κ3) is 2.01. The summed E-state index contributed by atoms with van der Waals surface area (Å²) in [5.41, 5.74) is -0.773. The van der Waals surface area contributed by atoms with Gasteiger partial charge in [-0.1, -0.05) is 0 Å². The number of hydrogen-bond acceptors (Lipinski definition) is 3. The number of H-pyrrole nitrogens is 1. The molecule has 1 aromatic rings. The summed E-state index contributed by atoms with van der Waals surface area (Å²) in [6.07, 6.45) is 1.37. The van der Waals surface area contributed by atoms with E-state index in [9.17, 15) is 14.4 Å². The molecule has 6 heteroatoms. The van der Waals surface area contributed by atoms with Gasteiger partial charge in [0.05, 0.1) is 5.56 Å². The molecule has 1 saturated heterocycles. The third-order valence-electron chi connectivity index (χ3n) is 3.13. The number of nitrogens with zero attached hydrogens (tertiary/aromatic N) is 1. The van der Waals surface area contributed by atoms with Crippen molar-refractivity contribution in [3.05, 3.63) is 34.2 Å². The maximum absolute atomic E-state index is 12.3. The fourth-order valence-corrected chi connectivity index (χ4v) is 1.95. The molecule has 0 saturated carbocycles. The number of carbonyl (C=O) groups is 2. The van der Waals surface area contributed by atoms with Gasteiger partial charge in [-0.3, -0.25) is 14.4 Å². The Labute approximate surface area is 104 Å². The first-order valence-corrected chi connectivity index (χ1v) is 5.72. The molecule has 2 N–H and O–H groups in total. The van der Waals surface area contributed by atoms with Crippen molar-refractivity contribution in [1.29, 1.82) is 0 Å². The van der Waals surface area contributed by atoms with Crippen LogP contribution in [0.15, 0.2) is 23.1 Å². The zero-order valence-electron chi connectivity index (χ0n) is 10.3. The average molecular weight is 249 g/mol. The molecule has 2 rings (SSSR count). The van der Waals surface area contributed by atoms with E-state index in [1.54, 1.807) is 13.8 Å². The van der Waals surface area contributed by atoms with Crippen LogP contribution in [0.2, 0.25) is 0 Å². The van der Waals surface area contributed by atoms with Crippen LogP contribution in [0.25, 0.3) is 0 Å². The van der Waals surface area contributed by atoms with E-state index in [1.807, 2.05) is 0 Å². The summed E-state index contributed by atoms with van der Waals surface area (Å²) < 4.78 is 0. The number of carbonyl (C=O) groups excluding carboxylic acids is 2. The Morgan fingerprint density at radius 2 is 2.06 bits per heavy atom. The third-order valence-corrected chi connectivity index (χ3v) is 3.13. The van der Waals surface area contributed by atoms with Crippen LogP contribution in [0.3, 0.4) is 0 Å². The fraction of sp³-hybridized carbons (Fsp3) is 0.417. The molecule has 0 spiro atoms. The van der Waals surface area contributed by atoms with Gasteiger partial charge in [0.2, 0.25) is 11.5 Å². The Kier molecular flexibility index (Phi) is 2.94. The summed E-state index contributed by atoms with van der Waals surface area (Å²) in [6.45, 7) is 4.30. The normalized spacial score (nSPS) is 18.3. The predicted molar refractivity (Wildman–Crippen MR) is 65.2 cm³/mol. The number of piperazine rings is 1. The highest BCUT2D eigenvalue weighted by Gasteiger charge is 2.40. The lowest BCUT2D eigenvalue weighted by molar-refractivity contribution is -0.133. The maximum Gasteiger partial charge on any atom is 0.256 e. The van der Waals surface area contributed by atoms with Crippen LogP contribution in [0.1, 0.15) is 24.2 Å². The molecule has 0 atom stereocenters. The van der Waals surface area contributed by atoms with Gasteiger partial charge in [-0.05, 0) is 19.9 Å². The first-order valence-electron chi connectivity index (χ1n) is 5.72. The Hall–Kier alpha value is -2.11. The van der Waals surface area contributed by atoms with Crippen LogP contribution < -0.4 is 10.9 Å². The Morgan fingerprint density at radius 1 is 1.33 bits per heavy atom. The maximum atomic E-state index is 12.3. The smallest absolute Gasteiger partial charge is 0.256 e. The molecule has 1 fully saturated rings. The minimum atomic E-state index is -0.883. The quantitative estimate of drug-likeness (QED) is 0.718. The van der Waals surface area contributed by atoms with E-state index in [1.165, 1.54) is 23.2 Å². The van der Waals surface area contributed by atoms with Crippen molar-refractivity contribution in [3.8, 4) is 0 Å². The molecule has 0 aliphatic carbocycles. The molecule has 0 aromatic carbocycles. The highest BCUT2D eigenvalue weighted by molar-refractivity contribution is 5.99. The largest absolute Gasteiger partial charge is 0.352 e. The second-order valence-electron chi connectivity index (χ2n) is 4.71. The molecular formula is C12H15N3O3. The standard InChI is InChI=1S/C12H15N3O3/c1-12(2)11(18)13-5-6-15(12)10(17)8-3-4-9(16)14-7-8/h3-4,7H,5-6H2,1-2H3,(H,13,18)(H,14,16). The van der Waals surface area contributed by atoms with Crippen molar-refractivity contribution >= 4 is 11.8 Å². The van der Waals surface area contributed by atoms with E-state index in [4.69, 9.17) is 0 Å². The molecular weight excluding hydrogens is 234 g/mol. The van der Waals surface area contributed by atoms with Gasteiger partial charge in [0, 0.05) is 25.4 Å². The van der Waals surface area contributed by atoms with Crippen molar-refractivity contribution in [2.24, 2.45) is 0 Å². The Morgan fingerprint density at radius 3 is 2.67 bits per heavy atom. The molecule has 2 heterocycles. The number of aromatic nitrogens is 1. The van der Waals surface area contributed by atoms with Crippen LogP contribution in [-0.2, 0) is 4.79 Å². The molecule has 6 nitrogen and oxygen atoms in total. The van der Waals surface area contributed by atoms with Gasteiger partial charge in [-0.15, -0.1) is 0 Å². The highest BCUT2D eigenvalue weighted by Crippen LogP contribution is 2.20. The predicted octanol–water partition coefficient (Wildman–Crippen LogP) is -0.275. The number of aromatic amines is 1. The van der Waals surface area contributed by atoms with Gasteiger partial charge in [-0.25, -0.2) is 0 Å². The lowest BCUT2D eigenvalue weighted by Gasteiger charge is -2.41. The van der Waals surface area contributed by atoms with E-state index in [2.05, 4.69) is 10.3 Å². The number of nitrogens with one attached hydrogen (secondary N) is 2. The SMILES string of the molecule is CC1(C)C(=O)NCCN1C(=O)c1ccc(=O)[nH]c1. The van der Waals surface area contributed by atoms with Crippen molar-refractivity contribution < 1.29 is 9.59 Å². The lowest BCUT2D eigenvalue weighted by atomic mass is 9.98. The molecule has 1 aliphatic heterocycles. The van der Waals surface area contributed by atoms with E-state index in [0.29, 0.717) is 18.7 Å². The second kappa shape index (κ2) is 4.29. The summed E-state index contributed by atoms with van der Waals surface area (Å²) in [5, 5.41) is 2.73. The Balaban J connectivity index is 2.30. The zero-order chi connectivity index (χ0) is 13.3. The van der Waals surface area contributed by atoms with Gasteiger partial charge in [-0.2, -0.15) is 0 Å². The molecule has 96 valence electrons. The zero-order valence-corrected chi connectivity index (χ0v) is 10.3. The van der Waals surface area contributed by atoms with Gasteiger partial charge >= 0.3 is 0 Å². The van der Waals surface area contributed by atoms with Gasteiger partial charge < -0.3 is 15.2 Å². The van der Waals surface area contributed by atoms with Crippen LogP contribution >= 0.6 is 0 Å². The highest BCUT2D eigenvalue weighted by atomic mass is 16.2. The van der Waals surface area contributed by atoms with Crippen LogP contribution in [0, 0.1) is 0 Å². The van der Waals surface area contributed by atoms with Crippen LogP contribution in [0.5, 0.6) is 0 Å². The van der Waals surface area contributed by atoms with Crippen molar-refractivity contribution in [1.82, 2.24) is 15.2 Å². The van der Waals surface area contributed by atoms with Crippen molar-refractivity contribution in [3.63, 3.8) is 0 Å². The summed E-state index contributed by atoms with van der Waals surface area (Å²) in [4.78, 5) is 39.0. The van der Waals surface area contributed by atoms with E-state index < -0.39 is 5.54 Å². The van der Waals surface area contributed by atoms with Crippen LogP contribution in [0.4, 0.5) is 0 Å². The number of hydrogen-bond donors (Lipinski definition) is 2. The van der Waals surface area contributed by atoms with Crippen molar-refractivity contribution in [2.75, 3.05) is 13.1 Å². The molecule has 1 aromatic heterocycles. The van der Waals surface area contributed by atoms with E-state index in [-0.39, 0.29) is 17.4 Å². The first-order chi connectivity index (χ1) is 8.43. The van der Waals surface area contributed by atoms with Crippen molar-refractivity contribution in [2.45, 2.75) is 19.4 Å². The second-order valence-corrected chi connectivity index (χ2v) is 4.71. The molecule has 0 radical (unpaired) electrons. The van der Waals surface area contributed by atoms with Crippen LogP contribution in [-0.4, -0.2) is 40.3 Å². The summed E-state index contributed by atoms with van der Waals surface area (Å²) in [5.74, 6) is -0.433. The van der Waals surface area contributed by atoms with Gasteiger partial charge in [0.25, 0.3) is 5.91 Å². The summed E-state index contributed by atoms with van der Waals surface area (Å²) in [7, 11) is 0. The number of amides is 2.